The molecule has 0 radical (unpaired) electrons. The summed E-state index contributed by atoms with van der Waals surface area (Å²) in [6.07, 6.45) is 0. The summed E-state index contributed by atoms with van der Waals surface area (Å²) < 4.78 is 32.6. The summed E-state index contributed by atoms with van der Waals surface area (Å²) >= 11 is 0.937. The highest BCUT2D eigenvalue weighted by Gasteiger charge is 2.16. The number of benzene rings is 3. The summed E-state index contributed by atoms with van der Waals surface area (Å²) in [6, 6.07) is 19.3. The molecule has 0 aliphatic rings. The zero-order chi connectivity index (χ0) is 24.0. The number of sulfonamides is 1. The molecular weight excluding hydrogens is 460 g/mol. The molecule has 3 rings (SSSR count). The zero-order valence-corrected chi connectivity index (χ0v) is 20.1. The van der Waals surface area contributed by atoms with Gasteiger partial charge in [-0.15, -0.1) is 0 Å². The van der Waals surface area contributed by atoms with Gasteiger partial charge in [-0.05, 0) is 72.8 Å². The van der Waals surface area contributed by atoms with Crippen LogP contribution in [-0.4, -0.2) is 46.3 Å². The van der Waals surface area contributed by atoms with Gasteiger partial charge in [0.05, 0.1) is 17.8 Å². The van der Waals surface area contributed by atoms with Gasteiger partial charge in [0.15, 0.2) is 5.78 Å². The fourth-order valence-electron chi connectivity index (χ4n) is 2.89. The third kappa shape index (κ3) is 6.36. The first-order chi connectivity index (χ1) is 15.7. The van der Waals surface area contributed by atoms with Crippen LogP contribution >= 0.6 is 11.8 Å². The van der Waals surface area contributed by atoms with E-state index in [9.17, 15) is 18.0 Å². The van der Waals surface area contributed by atoms with E-state index in [4.69, 9.17) is 4.74 Å². The predicted molar refractivity (Wildman–Crippen MR) is 132 cm³/mol. The molecule has 1 N–H and O–H groups in total. The van der Waals surface area contributed by atoms with Crippen LogP contribution in [0.15, 0.2) is 77.7 Å². The van der Waals surface area contributed by atoms with E-state index in [-0.39, 0.29) is 21.5 Å². The maximum absolute atomic E-state index is 12.5. The third-order valence-corrected chi connectivity index (χ3v) is 7.08. The molecule has 3 aromatic rings. The van der Waals surface area contributed by atoms with Crippen molar-refractivity contribution in [1.82, 2.24) is 0 Å². The van der Waals surface area contributed by atoms with E-state index in [1.807, 2.05) is 31.1 Å². The van der Waals surface area contributed by atoms with Crippen molar-refractivity contribution in [2.24, 2.45) is 0 Å². The first-order valence-electron chi connectivity index (χ1n) is 9.94. The molecular formula is C24H24N2O5S2. The molecule has 0 unspecified atom stereocenters. The van der Waals surface area contributed by atoms with Crippen LogP contribution in [-0.2, 0) is 10.0 Å². The number of thioether (sulfide) groups is 1. The maximum atomic E-state index is 12.5. The molecule has 3 aromatic carbocycles. The van der Waals surface area contributed by atoms with Gasteiger partial charge in [0.1, 0.15) is 5.75 Å². The van der Waals surface area contributed by atoms with Crippen LogP contribution in [0.3, 0.4) is 0 Å². The summed E-state index contributed by atoms with van der Waals surface area (Å²) in [6.45, 7) is 0. The van der Waals surface area contributed by atoms with Crippen molar-refractivity contribution in [1.29, 1.82) is 0 Å². The quantitative estimate of drug-likeness (QED) is 0.452. The van der Waals surface area contributed by atoms with Crippen molar-refractivity contribution in [3.05, 3.63) is 83.9 Å². The lowest BCUT2D eigenvalue weighted by atomic mass is 10.1. The van der Waals surface area contributed by atoms with Gasteiger partial charge in [0.2, 0.25) is 5.12 Å². The molecule has 7 nitrogen and oxygen atoms in total. The Hall–Kier alpha value is -3.30. The average Bonchev–Trinajstić information content (AvgIpc) is 2.82. The summed E-state index contributed by atoms with van der Waals surface area (Å²) in [5, 5.41) is -0.183. The second-order valence-corrected chi connectivity index (χ2v) is 9.93. The van der Waals surface area contributed by atoms with Crippen molar-refractivity contribution in [2.75, 3.05) is 36.6 Å². The van der Waals surface area contributed by atoms with Crippen LogP contribution in [0.5, 0.6) is 5.75 Å². The van der Waals surface area contributed by atoms with E-state index < -0.39 is 10.0 Å². The molecule has 0 aliphatic carbocycles. The number of anilines is 2. The highest BCUT2D eigenvalue weighted by atomic mass is 32.2. The molecule has 0 fully saturated rings. The minimum atomic E-state index is -3.77. The first kappa shape index (κ1) is 24.3. The largest absolute Gasteiger partial charge is 0.497 e. The Morgan fingerprint density at radius 2 is 1.45 bits per heavy atom. The topological polar surface area (TPSA) is 92.8 Å². The van der Waals surface area contributed by atoms with Gasteiger partial charge in [0, 0.05) is 36.6 Å². The van der Waals surface area contributed by atoms with Crippen molar-refractivity contribution in [3.8, 4) is 5.75 Å². The lowest BCUT2D eigenvalue weighted by Crippen LogP contribution is -2.13. The normalized spacial score (nSPS) is 11.0. The van der Waals surface area contributed by atoms with Crippen LogP contribution in [0, 0.1) is 0 Å². The van der Waals surface area contributed by atoms with Crippen LogP contribution in [0.4, 0.5) is 11.4 Å². The number of hydrogen-bond donors (Lipinski definition) is 1. The van der Waals surface area contributed by atoms with E-state index in [1.165, 1.54) is 43.5 Å². The predicted octanol–water partition coefficient (Wildman–Crippen LogP) is 4.32. The molecule has 0 amide bonds. The number of nitrogens with zero attached hydrogens (tertiary/aromatic N) is 1. The Morgan fingerprint density at radius 1 is 0.879 bits per heavy atom. The number of carbonyl (C=O) groups is 2. The molecule has 33 heavy (non-hydrogen) atoms. The smallest absolute Gasteiger partial charge is 0.261 e. The number of methoxy groups -OCH3 is 1. The Kier molecular flexibility index (Phi) is 7.78. The lowest BCUT2D eigenvalue weighted by Gasteiger charge is -2.12. The van der Waals surface area contributed by atoms with Gasteiger partial charge in [0.25, 0.3) is 10.0 Å². The SMILES string of the molecule is COc1ccc(S(=O)(=O)Nc2ccc(C(=O)CSC(=O)c3ccc(N(C)C)cc3)cc2)cc1. The summed E-state index contributed by atoms with van der Waals surface area (Å²) in [4.78, 5) is 26.9. The molecule has 0 aromatic heterocycles. The highest BCUT2D eigenvalue weighted by Crippen LogP contribution is 2.21. The second-order valence-electron chi connectivity index (χ2n) is 7.30. The molecule has 172 valence electrons. The average molecular weight is 485 g/mol. The number of ketones is 1. The summed E-state index contributed by atoms with van der Waals surface area (Å²) in [5.41, 5.74) is 2.23. The van der Waals surface area contributed by atoms with Gasteiger partial charge in [-0.2, -0.15) is 0 Å². The van der Waals surface area contributed by atoms with Crippen LogP contribution in [0.2, 0.25) is 0 Å². The Bertz CT molecular complexity index is 1220. The van der Waals surface area contributed by atoms with E-state index in [1.54, 1.807) is 24.3 Å². The third-order valence-electron chi connectivity index (χ3n) is 4.78. The number of Topliss-reactive ketones (excluding diaryl/α,β-unsaturated/α-hetero) is 1. The van der Waals surface area contributed by atoms with E-state index in [0.29, 0.717) is 22.6 Å². The molecule has 9 heteroatoms. The molecule has 0 atom stereocenters. The summed E-state index contributed by atoms with van der Waals surface area (Å²) in [7, 11) is 1.56. The van der Waals surface area contributed by atoms with Crippen molar-refractivity contribution >= 4 is 44.1 Å². The number of rotatable bonds is 9. The Morgan fingerprint density at radius 3 is 2.00 bits per heavy atom. The molecule has 0 saturated carbocycles. The van der Waals surface area contributed by atoms with Crippen LogP contribution in [0.1, 0.15) is 20.7 Å². The highest BCUT2D eigenvalue weighted by molar-refractivity contribution is 8.14. The standard InChI is InChI=1S/C24H24N2O5S2/c1-26(2)20-10-6-18(7-11-20)24(28)32-16-23(27)17-4-8-19(9-5-17)25-33(29,30)22-14-12-21(31-3)13-15-22/h4-15,25H,16H2,1-3H3. The fraction of sp³-hybridized carbons (Fsp3) is 0.167. The minimum Gasteiger partial charge on any atom is -0.497 e. The van der Waals surface area contributed by atoms with Gasteiger partial charge in [-0.25, -0.2) is 8.42 Å². The van der Waals surface area contributed by atoms with Gasteiger partial charge >= 0.3 is 0 Å². The summed E-state index contributed by atoms with van der Waals surface area (Å²) in [5.74, 6) is 0.326. The van der Waals surface area contributed by atoms with Crippen LogP contribution in [0.25, 0.3) is 0 Å². The van der Waals surface area contributed by atoms with Gasteiger partial charge < -0.3 is 9.64 Å². The number of nitrogens with one attached hydrogen (secondary N) is 1. The lowest BCUT2D eigenvalue weighted by molar-refractivity contribution is 0.101. The van der Waals surface area contributed by atoms with Crippen molar-refractivity contribution in [2.45, 2.75) is 4.90 Å². The van der Waals surface area contributed by atoms with E-state index >= 15 is 0 Å². The monoisotopic (exact) mass is 484 g/mol. The Balaban J connectivity index is 1.58. The number of ether oxygens (including phenoxy) is 1. The first-order valence-corrected chi connectivity index (χ1v) is 12.4. The molecule has 0 aliphatic heterocycles. The number of hydrogen-bond acceptors (Lipinski definition) is 7. The van der Waals surface area contributed by atoms with Crippen molar-refractivity contribution in [3.63, 3.8) is 0 Å². The van der Waals surface area contributed by atoms with Gasteiger partial charge in [-0.3, -0.25) is 14.3 Å². The maximum Gasteiger partial charge on any atom is 0.261 e. The zero-order valence-electron chi connectivity index (χ0n) is 18.4. The molecule has 0 heterocycles. The van der Waals surface area contributed by atoms with Crippen LogP contribution < -0.4 is 14.4 Å². The molecule has 0 spiro atoms. The number of carbonyl (C=O) groups excluding carboxylic acids is 2. The van der Waals surface area contributed by atoms with E-state index in [2.05, 4.69) is 4.72 Å². The van der Waals surface area contributed by atoms with E-state index in [0.717, 1.165) is 17.4 Å². The fourth-order valence-corrected chi connectivity index (χ4v) is 4.68. The van der Waals surface area contributed by atoms with Gasteiger partial charge in [-0.1, -0.05) is 11.8 Å². The molecule has 0 saturated heterocycles. The molecule has 0 bridgehead atoms. The van der Waals surface area contributed by atoms with Crippen molar-refractivity contribution < 1.29 is 22.7 Å². The minimum absolute atomic E-state index is 0.00874. The Labute approximate surface area is 197 Å². The second kappa shape index (κ2) is 10.5.